The standard InChI is InChI=1S/C32H51O8P/c1-8-9-12-24(5)32-26(7)28(34)18-15-21(2)19-25(6)31(36)23(4)16-17-27(33)20-29(40-41(37)38)22(3)13-10-11-14-30(35)39-32/h8-14,16-17,21-29,31-34,36H,1,15,18-20H2,2-7H3/p+1/b12-9-,13-10+,14-11-,17-16-/t21-,22+,23-,24-,25-,26-,27+,28+,29-,31-,32-/m0/s1. The van der Waals surface area contributed by atoms with Crippen molar-refractivity contribution in [3.63, 3.8) is 0 Å². The molecule has 8 nitrogen and oxygen atoms in total. The Morgan fingerprint density at radius 1 is 1.02 bits per heavy atom. The number of ether oxygens (including phenoxy) is 1. The first-order valence-corrected chi connectivity index (χ1v) is 15.8. The van der Waals surface area contributed by atoms with Crippen LogP contribution in [0, 0.1) is 35.5 Å². The minimum Gasteiger partial charge on any atom is -0.458 e. The summed E-state index contributed by atoms with van der Waals surface area (Å²) >= 11 is 0. The van der Waals surface area contributed by atoms with E-state index >= 15 is 0 Å². The molecule has 1 rings (SSSR count). The van der Waals surface area contributed by atoms with Gasteiger partial charge in [0.25, 0.3) is 0 Å². The molecule has 1 aliphatic heterocycles. The quantitative estimate of drug-likeness (QED) is 0.135. The van der Waals surface area contributed by atoms with Crippen LogP contribution in [0.15, 0.2) is 61.3 Å². The maximum Gasteiger partial charge on any atom is 0.695 e. The zero-order valence-corrected chi connectivity index (χ0v) is 26.3. The first kappa shape index (κ1) is 37.1. The van der Waals surface area contributed by atoms with Gasteiger partial charge in [-0.15, -0.1) is 9.42 Å². The number of hydrogen-bond donors (Lipinski definition) is 4. The van der Waals surface area contributed by atoms with Crippen molar-refractivity contribution < 1.29 is 38.8 Å². The number of hydrogen-bond acceptors (Lipinski definition) is 7. The second kappa shape index (κ2) is 19.3. The van der Waals surface area contributed by atoms with E-state index in [4.69, 9.17) is 9.26 Å². The lowest BCUT2D eigenvalue weighted by molar-refractivity contribution is -0.150. The largest absolute Gasteiger partial charge is 0.695 e. The number of carbonyl (C=O) groups is 1. The molecular weight excluding hydrogens is 543 g/mol. The number of cyclic esters (lactones) is 1. The van der Waals surface area contributed by atoms with Gasteiger partial charge in [0.2, 0.25) is 0 Å². The van der Waals surface area contributed by atoms with Crippen molar-refractivity contribution in [2.75, 3.05) is 0 Å². The van der Waals surface area contributed by atoms with Crippen molar-refractivity contribution >= 4 is 14.2 Å². The first-order chi connectivity index (χ1) is 19.3. The molecule has 0 saturated heterocycles. The average molecular weight is 596 g/mol. The second-order valence-corrected chi connectivity index (χ2v) is 12.4. The lowest BCUT2D eigenvalue weighted by atomic mass is 9.82. The Morgan fingerprint density at radius 2 is 1.71 bits per heavy atom. The van der Waals surface area contributed by atoms with Crippen LogP contribution in [0.5, 0.6) is 0 Å². The number of esters is 1. The summed E-state index contributed by atoms with van der Waals surface area (Å²) in [5.74, 6) is -1.39. The van der Waals surface area contributed by atoms with Gasteiger partial charge in [-0.2, -0.15) is 0 Å². The summed E-state index contributed by atoms with van der Waals surface area (Å²) in [6.45, 7) is 15.3. The van der Waals surface area contributed by atoms with Gasteiger partial charge < -0.3 is 20.1 Å². The van der Waals surface area contributed by atoms with Crippen LogP contribution in [0.4, 0.5) is 0 Å². The topological polar surface area (TPSA) is 134 Å². The molecule has 1 aliphatic rings. The Balaban J connectivity index is 3.29. The summed E-state index contributed by atoms with van der Waals surface area (Å²) in [6.07, 6.45) is 13.4. The fourth-order valence-electron chi connectivity index (χ4n) is 5.28. The molecule has 0 spiro atoms. The number of aliphatic hydroxyl groups excluding tert-OH is 3. The van der Waals surface area contributed by atoms with Crippen LogP contribution in [0.2, 0.25) is 0 Å². The summed E-state index contributed by atoms with van der Waals surface area (Å²) in [5.41, 5.74) is 0. The van der Waals surface area contributed by atoms with Crippen molar-refractivity contribution in [1.29, 1.82) is 0 Å². The molecule has 0 fully saturated rings. The molecule has 232 valence electrons. The van der Waals surface area contributed by atoms with E-state index in [1.807, 2.05) is 33.8 Å². The highest BCUT2D eigenvalue weighted by molar-refractivity contribution is 7.32. The minimum atomic E-state index is -2.89. The van der Waals surface area contributed by atoms with E-state index < -0.39 is 44.7 Å². The van der Waals surface area contributed by atoms with Gasteiger partial charge in [-0.3, -0.25) is 0 Å². The molecule has 0 aromatic rings. The maximum absolute atomic E-state index is 12.7. The highest BCUT2D eigenvalue weighted by Crippen LogP contribution is 2.29. The smallest absolute Gasteiger partial charge is 0.458 e. The molecule has 4 N–H and O–H groups in total. The number of aliphatic hydroxyl groups is 3. The second-order valence-electron chi connectivity index (χ2n) is 11.7. The zero-order chi connectivity index (χ0) is 31.1. The van der Waals surface area contributed by atoms with Crippen LogP contribution < -0.4 is 0 Å². The third-order valence-electron chi connectivity index (χ3n) is 7.98. The zero-order valence-electron chi connectivity index (χ0n) is 25.5. The van der Waals surface area contributed by atoms with Crippen LogP contribution in [0.3, 0.4) is 0 Å². The summed E-state index contributed by atoms with van der Waals surface area (Å²) in [7, 11) is -2.89. The predicted molar refractivity (Wildman–Crippen MR) is 163 cm³/mol. The molecule has 1 heterocycles. The SMILES string of the molecule is C=C/C=C\[C@H](C)[C@@H]1OC(=O)/C=C\C=C\[C@@H](C)[C@@H](O[P+](=O)O)C[C@H](O)/C=C\[C@H](C)[C@H](O)[C@@H](C)C[C@@H](C)CC[C@@H](O)[C@@H]1C. The van der Waals surface area contributed by atoms with E-state index in [2.05, 4.69) is 13.5 Å². The van der Waals surface area contributed by atoms with Crippen molar-refractivity contribution in [2.24, 2.45) is 35.5 Å². The molecule has 41 heavy (non-hydrogen) atoms. The van der Waals surface area contributed by atoms with Gasteiger partial charge in [0, 0.05) is 40.7 Å². The van der Waals surface area contributed by atoms with Crippen molar-refractivity contribution in [3.05, 3.63) is 61.3 Å². The molecule has 0 aromatic heterocycles. The van der Waals surface area contributed by atoms with E-state index in [-0.39, 0.29) is 41.9 Å². The fraction of sp³-hybridized carbons (Fsp3) is 0.656. The summed E-state index contributed by atoms with van der Waals surface area (Å²) < 4.78 is 22.4. The molecule has 1 unspecified atom stereocenters. The molecule has 9 heteroatoms. The van der Waals surface area contributed by atoms with Crippen molar-refractivity contribution in [1.82, 2.24) is 0 Å². The normalized spacial score (nSPS) is 39.0. The van der Waals surface area contributed by atoms with Gasteiger partial charge in [0.05, 0.1) is 18.3 Å². The van der Waals surface area contributed by atoms with Gasteiger partial charge in [-0.05, 0) is 31.1 Å². The van der Waals surface area contributed by atoms with E-state index in [9.17, 15) is 29.6 Å². The Morgan fingerprint density at radius 3 is 2.34 bits per heavy atom. The van der Waals surface area contributed by atoms with Crippen LogP contribution in [0.1, 0.15) is 67.2 Å². The third-order valence-corrected chi connectivity index (χ3v) is 8.43. The van der Waals surface area contributed by atoms with Crippen LogP contribution in [-0.4, -0.2) is 56.7 Å². The number of carbonyl (C=O) groups excluding carboxylic acids is 1. The van der Waals surface area contributed by atoms with E-state index in [1.54, 1.807) is 43.4 Å². The number of allylic oxidation sites excluding steroid dienone is 4. The highest BCUT2D eigenvalue weighted by atomic mass is 31.1. The maximum atomic E-state index is 12.7. The fourth-order valence-corrected chi connectivity index (χ4v) is 5.79. The van der Waals surface area contributed by atoms with E-state index in [0.717, 1.165) is 12.8 Å². The molecule has 0 aliphatic carbocycles. The number of rotatable bonds is 5. The molecule has 0 amide bonds. The summed E-state index contributed by atoms with van der Waals surface area (Å²) in [6, 6.07) is 0. The average Bonchev–Trinajstić information content (AvgIpc) is 2.92. The summed E-state index contributed by atoms with van der Waals surface area (Å²) in [5, 5.41) is 32.5. The van der Waals surface area contributed by atoms with Gasteiger partial charge >= 0.3 is 14.2 Å². The van der Waals surface area contributed by atoms with Crippen molar-refractivity contribution in [2.45, 2.75) is 97.7 Å². The predicted octanol–water partition coefficient (Wildman–Crippen LogP) is 5.82. The molecule has 0 radical (unpaired) electrons. The Labute approximate surface area is 247 Å². The lowest BCUT2D eigenvalue weighted by Crippen LogP contribution is -2.37. The van der Waals surface area contributed by atoms with Crippen molar-refractivity contribution in [3.8, 4) is 0 Å². The Kier molecular flexibility index (Phi) is 17.5. The Bertz CT molecular complexity index is 929. The van der Waals surface area contributed by atoms with Crippen LogP contribution in [0.25, 0.3) is 0 Å². The van der Waals surface area contributed by atoms with Gasteiger partial charge in [-0.1, -0.05) is 96.7 Å². The molecule has 0 bridgehead atoms. The lowest BCUT2D eigenvalue weighted by Gasteiger charge is -2.31. The monoisotopic (exact) mass is 595 g/mol. The molecule has 0 saturated carbocycles. The third kappa shape index (κ3) is 14.2. The molecule has 0 aromatic carbocycles. The first-order valence-electron chi connectivity index (χ1n) is 14.7. The molecular formula is C32H52O8P+. The summed E-state index contributed by atoms with van der Waals surface area (Å²) in [4.78, 5) is 22.1. The molecule has 12 atom stereocenters. The Hall–Kier alpha value is -1.93. The highest BCUT2D eigenvalue weighted by Gasteiger charge is 2.32. The van der Waals surface area contributed by atoms with E-state index in [1.165, 1.54) is 12.2 Å². The van der Waals surface area contributed by atoms with Crippen LogP contribution >= 0.6 is 8.25 Å². The van der Waals surface area contributed by atoms with Gasteiger partial charge in [0.15, 0.2) is 0 Å². The van der Waals surface area contributed by atoms with Gasteiger partial charge in [-0.25, -0.2) is 4.79 Å². The van der Waals surface area contributed by atoms with Crippen LogP contribution in [-0.2, 0) is 18.6 Å². The van der Waals surface area contributed by atoms with E-state index in [0.29, 0.717) is 6.42 Å². The van der Waals surface area contributed by atoms with Gasteiger partial charge in [0.1, 0.15) is 12.2 Å². The minimum absolute atomic E-state index is 0.0153.